The highest BCUT2D eigenvalue weighted by atomic mass is 79.9. The standard InChI is InChI=1S/C23H25BrFN5O/c1-30(2)21-18-5-3-4-6-20(18)28-23(29-21)27-16-10-8-15(9-11-16)26-22(31)17-12-7-14(24)13-19(17)25/h3-7,12-13,15-16H,8-11H2,1-2H3,(H,26,31)(H,27,28,29)/t15-,16+. The fraction of sp³-hybridized carbons (Fsp3) is 0.348. The van der Waals surface area contributed by atoms with Gasteiger partial charge in [-0.1, -0.05) is 28.1 Å². The van der Waals surface area contributed by atoms with Gasteiger partial charge in [0.1, 0.15) is 11.6 Å². The molecule has 0 unspecified atom stereocenters. The maximum Gasteiger partial charge on any atom is 0.254 e. The Balaban J connectivity index is 1.38. The number of nitrogens with one attached hydrogen (secondary N) is 2. The first-order valence-electron chi connectivity index (χ1n) is 10.4. The molecule has 0 radical (unpaired) electrons. The molecule has 0 atom stereocenters. The van der Waals surface area contributed by atoms with Crippen LogP contribution in [0.3, 0.4) is 0 Å². The van der Waals surface area contributed by atoms with E-state index in [4.69, 9.17) is 4.98 Å². The first kappa shape index (κ1) is 21.5. The van der Waals surface area contributed by atoms with Crippen LogP contribution in [-0.2, 0) is 0 Å². The molecule has 1 amide bonds. The van der Waals surface area contributed by atoms with Crippen molar-refractivity contribution in [2.75, 3.05) is 24.3 Å². The zero-order valence-electron chi connectivity index (χ0n) is 17.5. The number of hydrogen-bond acceptors (Lipinski definition) is 5. The molecule has 0 spiro atoms. The first-order chi connectivity index (χ1) is 14.9. The van der Waals surface area contributed by atoms with Gasteiger partial charge in [0.15, 0.2) is 0 Å². The van der Waals surface area contributed by atoms with Gasteiger partial charge in [-0.05, 0) is 56.0 Å². The predicted octanol–water partition coefficient (Wildman–Crippen LogP) is 4.75. The molecule has 3 aromatic rings. The summed E-state index contributed by atoms with van der Waals surface area (Å²) in [6.45, 7) is 0. The monoisotopic (exact) mass is 485 g/mol. The molecule has 0 bridgehead atoms. The van der Waals surface area contributed by atoms with Crippen LogP contribution in [-0.4, -0.2) is 42.1 Å². The highest BCUT2D eigenvalue weighted by Crippen LogP contribution is 2.26. The summed E-state index contributed by atoms with van der Waals surface area (Å²) in [5, 5.41) is 7.45. The second-order valence-corrected chi connectivity index (χ2v) is 8.99. The van der Waals surface area contributed by atoms with E-state index in [1.807, 2.05) is 43.3 Å². The molecule has 0 aliphatic heterocycles. The van der Waals surface area contributed by atoms with E-state index in [0.29, 0.717) is 10.4 Å². The number of anilines is 2. The molecule has 1 aromatic heterocycles. The van der Waals surface area contributed by atoms with E-state index in [0.717, 1.165) is 42.4 Å². The Morgan fingerprint density at radius 1 is 1.06 bits per heavy atom. The Labute approximate surface area is 189 Å². The van der Waals surface area contributed by atoms with E-state index in [9.17, 15) is 9.18 Å². The van der Waals surface area contributed by atoms with Gasteiger partial charge in [0.05, 0.1) is 11.1 Å². The zero-order valence-corrected chi connectivity index (χ0v) is 19.1. The second-order valence-electron chi connectivity index (χ2n) is 8.07. The Morgan fingerprint density at radius 2 is 1.77 bits per heavy atom. The minimum Gasteiger partial charge on any atom is -0.362 e. The predicted molar refractivity (Wildman–Crippen MR) is 125 cm³/mol. The van der Waals surface area contributed by atoms with Crippen LogP contribution >= 0.6 is 15.9 Å². The molecule has 6 nitrogen and oxygen atoms in total. The Kier molecular flexibility index (Phi) is 6.36. The third kappa shape index (κ3) is 4.95. The molecule has 8 heteroatoms. The van der Waals surface area contributed by atoms with Crippen molar-refractivity contribution in [3.63, 3.8) is 0 Å². The van der Waals surface area contributed by atoms with Crippen LogP contribution in [0.1, 0.15) is 36.0 Å². The largest absolute Gasteiger partial charge is 0.362 e. The number of aromatic nitrogens is 2. The van der Waals surface area contributed by atoms with Crippen molar-refractivity contribution in [1.82, 2.24) is 15.3 Å². The Morgan fingerprint density at radius 3 is 2.48 bits per heavy atom. The third-order valence-electron chi connectivity index (χ3n) is 5.58. The number of para-hydroxylation sites is 1. The van der Waals surface area contributed by atoms with Gasteiger partial charge >= 0.3 is 0 Å². The minimum atomic E-state index is -0.521. The molecule has 2 aromatic carbocycles. The number of nitrogens with zero attached hydrogens (tertiary/aromatic N) is 3. The van der Waals surface area contributed by atoms with E-state index in [-0.39, 0.29) is 23.6 Å². The normalized spacial score (nSPS) is 18.6. The summed E-state index contributed by atoms with van der Waals surface area (Å²) < 4.78 is 14.7. The SMILES string of the molecule is CN(C)c1nc(N[C@H]2CC[C@@H](NC(=O)c3ccc(Br)cc3F)CC2)nc2ccccc12. The van der Waals surface area contributed by atoms with Gasteiger partial charge in [-0.3, -0.25) is 4.79 Å². The minimum absolute atomic E-state index is 0.0310. The molecule has 162 valence electrons. The molecule has 1 aliphatic carbocycles. The lowest BCUT2D eigenvalue weighted by molar-refractivity contribution is 0.0922. The molecular formula is C23H25BrFN5O. The van der Waals surface area contributed by atoms with Crippen molar-refractivity contribution in [1.29, 1.82) is 0 Å². The van der Waals surface area contributed by atoms with E-state index < -0.39 is 5.82 Å². The van der Waals surface area contributed by atoms with Crippen LogP contribution in [0, 0.1) is 5.82 Å². The fourth-order valence-corrected chi connectivity index (χ4v) is 4.30. The van der Waals surface area contributed by atoms with Gasteiger partial charge in [0.2, 0.25) is 5.95 Å². The molecule has 1 saturated carbocycles. The quantitative estimate of drug-likeness (QED) is 0.545. The average molecular weight is 486 g/mol. The number of carbonyl (C=O) groups excluding carboxylic acids is 1. The fourth-order valence-electron chi connectivity index (χ4n) is 3.97. The van der Waals surface area contributed by atoms with Gasteiger partial charge in [0, 0.05) is 36.0 Å². The number of halogens is 2. The number of carbonyl (C=O) groups is 1. The summed E-state index contributed by atoms with van der Waals surface area (Å²) >= 11 is 3.21. The molecule has 0 saturated heterocycles. The topological polar surface area (TPSA) is 70.2 Å². The van der Waals surface area contributed by atoms with Gasteiger partial charge in [0.25, 0.3) is 5.91 Å². The van der Waals surface area contributed by atoms with Crippen molar-refractivity contribution in [3.05, 3.63) is 58.3 Å². The summed E-state index contributed by atoms with van der Waals surface area (Å²) in [6, 6.07) is 12.7. The van der Waals surface area contributed by atoms with Crippen LogP contribution in [0.15, 0.2) is 46.9 Å². The van der Waals surface area contributed by atoms with E-state index in [2.05, 4.69) is 31.5 Å². The molecule has 2 N–H and O–H groups in total. The third-order valence-corrected chi connectivity index (χ3v) is 6.07. The van der Waals surface area contributed by atoms with Crippen molar-refractivity contribution in [2.24, 2.45) is 0 Å². The van der Waals surface area contributed by atoms with E-state index in [1.54, 1.807) is 6.07 Å². The molecular weight excluding hydrogens is 461 g/mol. The number of fused-ring (bicyclic) bond motifs is 1. The molecule has 31 heavy (non-hydrogen) atoms. The van der Waals surface area contributed by atoms with Crippen LogP contribution < -0.4 is 15.5 Å². The van der Waals surface area contributed by atoms with Crippen LogP contribution in [0.25, 0.3) is 10.9 Å². The maximum absolute atomic E-state index is 14.0. The number of hydrogen-bond donors (Lipinski definition) is 2. The maximum atomic E-state index is 14.0. The molecule has 1 heterocycles. The number of rotatable bonds is 5. The summed E-state index contributed by atoms with van der Waals surface area (Å²) in [7, 11) is 3.95. The molecule has 4 rings (SSSR count). The lowest BCUT2D eigenvalue weighted by Crippen LogP contribution is -2.40. The zero-order chi connectivity index (χ0) is 22.0. The highest BCUT2D eigenvalue weighted by molar-refractivity contribution is 9.10. The van der Waals surface area contributed by atoms with Gasteiger partial charge in [-0.25, -0.2) is 9.37 Å². The van der Waals surface area contributed by atoms with Crippen molar-refractivity contribution < 1.29 is 9.18 Å². The molecule has 1 aliphatic rings. The van der Waals surface area contributed by atoms with Gasteiger partial charge in [-0.2, -0.15) is 4.98 Å². The van der Waals surface area contributed by atoms with Crippen LogP contribution in [0.4, 0.5) is 16.2 Å². The Bertz CT molecular complexity index is 1100. The smallest absolute Gasteiger partial charge is 0.254 e. The summed E-state index contributed by atoms with van der Waals surface area (Å²) in [5.74, 6) is 0.611. The van der Waals surface area contributed by atoms with Crippen LogP contribution in [0.5, 0.6) is 0 Å². The lowest BCUT2D eigenvalue weighted by Gasteiger charge is -2.30. The molecule has 1 fully saturated rings. The van der Waals surface area contributed by atoms with E-state index in [1.165, 1.54) is 12.1 Å². The number of amides is 1. The average Bonchev–Trinajstić information content (AvgIpc) is 2.74. The summed E-state index contributed by atoms with van der Waals surface area (Å²) in [4.78, 5) is 23.8. The Hall–Kier alpha value is -2.74. The van der Waals surface area contributed by atoms with Gasteiger partial charge < -0.3 is 15.5 Å². The van der Waals surface area contributed by atoms with E-state index >= 15 is 0 Å². The van der Waals surface area contributed by atoms with Crippen LogP contribution in [0.2, 0.25) is 0 Å². The summed E-state index contributed by atoms with van der Waals surface area (Å²) in [5.41, 5.74) is 0.977. The van der Waals surface area contributed by atoms with Crippen molar-refractivity contribution in [3.8, 4) is 0 Å². The summed E-state index contributed by atoms with van der Waals surface area (Å²) in [6.07, 6.45) is 3.38. The second kappa shape index (κ2) is 9.18. The highest BCUT2D eigenvalue weighted by Gasteiger charge is 2.24. The number of benzene rings is 2. The van der Waals surface area contributed by atoms with Crippen molar-refractivity contribution >= 4 is 44.5 Å². The van der Waals surface area contributed by atoms with Crippen molar-refractivity contribution in [2.45, 2.75) is 37.8 Å². The lowest BCUT2D eigenvalue weighted by atomic mass is 9.91. The van der Waals surface area contributed by atoms with Gasteiger partial charge in [-0.15, -0.1) is 0 Å². The first-order valence-corrected chi connectivity index (χ1v) is 11.2.